The molecule has 1 aliphatic heterocycles. The van der Waals surface area contributed by atoms with E-state index in [1.165, 1.54) is 6.42 Å². The molecule has 1 saturated heterocycles. The van der Waals surface area contributed by atoms with Gasteiger partial charge < -0.3 is 25.0 Å². The van der Waals surface area contributed by atoms with Crippen molar-refractivity contribution in [1.82, 2.24) is 15.5 Å². The third-order valence-electron chi connectivity index (χ3n) is 3.38. The molecule has 0 aliphatic carbocycles. The first kappa shape index (κ1) is 18.2. The van der Waals surface area contributed by atoms with Gasteiger partial charge in [-0.05, 0) is 46.3 Å². The fourth-order valence-corrected chi connectivity index (χ4v) is 2.19. The first-order chi connectivity index (χ1) is 10.2. The Labute approximate surface area is 129 Å². The van der Waals surface area contributed by atoms with E-state index in [4.69, 9.17) is 9.47 Å². The molecule has 1 heterocycles. The van der Waals surface area contributed by atoms with Crippen molar-refractivity contribution in [2.75, 3.05) is 60.6 Å². The van der Waals surface area contributed by atoms with Crippen molar-refractivity contribution in [3.05, 3.63) is 0 Å². The van der Waals surface area contributed by atoms with Crippen LogP contribution >= 0.6 is 0 Å². The molecule has 1 fully saturated rings. The summed E-state index contributed by atoms with van der Waals surface area (Å²) >= 11 is 0. The molecule has 0 spiro atoms. The predicted molar refractivity (Wildman–Crippen MR) is 86.9 cm³/mol. The SMILES string of the molecule is CN=C(NCCCOCC1CCCO1)NCCCN(C)C. The average molecular weight is 300 g/mol. The summed E-state index contributed by atoms with van der Waals surface area (Å²) in [6, 6.07) is 0. The van der Waals surface area contributed by atoms with E-state index in [1.807, 2.05) is 0 Å². The van der Waals surface area contributed by atoms with Crippen molar-refractivity contribution >= 4 is 5.96 Å². The van der Waals surface area contributed by atoms with Crippen LogP contribution in [0.5, 0.6) is 0 Å². The molecule has 1 aliphatic rings. The molecule has 6 heteroatoms. The predicted octanol–water partition coefficient (Wildman–Crippen LogP) is 0.689. The number of hydrogen-bond donors (Lipinski definition) is 2. The molecule has 6 nitrogen and oxygen atoms in total. The highest BCUT2D eigenvalue weighted by atomic mass is 16.5. The molecular formula is C15H32N4O2. The fourth-order valence-electron chi connectivity index (χ4n) is 2.19. The summed E-state index contributed by atoms with van der Waals surface area (Å²) in [5.41, 5.74) is 0. The van der Waals surface area contributed by atoms with Crippen LogP contribution in [-0.4, -0.2) is 77.6 Å². The van der Waals surface area contributed by atoms with Gasteiger partial charge in [0.1, 0.15) is 0 Å². The molecule has 1 rings (SSSR count). The van der Waals surface area contributed by atoms with Gasteiger partial charge in [-0.2, -0.15) is 0 Å². The molecule has 0 aromatic heterocycles. The summed E-state index contributed by atoms with van der Waals surface area (Å²) in [7, 11) is 5.97. The van der Waals surface area contributed by atoms with Gasteiger partial charge in [0.15, 0.2) is 5.96 Å². The molecule has 1 unspecified atom stereocenters. The molecule has 2 N–H and O–H groups in total. The van der Waals surface area contributed by atoms with Crippen LogP contribution in [0.15, 0.2) is 4.99 Å². The summed E-state index contributed by atoms with van der Waals surface area (Å²) in [5.74, 6) is 0.868. The molecular weight excluding hydrogens is 268 g/mol. The van der Waals surface area contributed by atoms with E-state index >= 15 is 0 Å². The van der Waals surface area contributed by atoms with Crippen LogP contribution in [0, 0.1) is 0 Å². The number of nitrogens with one attached hydrogen (secondary N) is 2. The van der Waals surface area contributed by atoms with Gasteiger partial charge >= 0.3 is 0 Å². The van der Waals surface area contributed by atoms with E-state index in [9.17, 15) is 0 Å². The summed E-state index contributed by atoms with van der Waals surface area (Å²) in [4.78, 5) is 6.39. The Morgan fingerprint density at radius 3 is 2.67 bits per heavy atom. The maximum absolute atomic E-state index is 5.63. The second-order valence-corrected chi connectivity index (χ2v) is 5.65. The van der Waals surface area contributed by atoms with E-state index < -0.39 is 0 Å². The monoisotopic (exact) mass is 300 g/mol. The van der Waals surface area contributed by atoms with Crippen molar-refractivity contribution < 1.29 is 9.47 Å². The molecule has 0 aromatic rings. The minimum Gasteiger partial charge on any atom is -0.379 e. The summed E-state index contributed by atoms with van der Waals surface area (Å²) < 4.78 is 11.1. The highest BCUT2D eigenvalue weighted by molar-refractivity contribution is 5.79. The summed E-state index contributed by atoms with van der Waals surface area (Å²) in [6.45, 7) is 5.29. The van der Waals surface area contributed by atoms with Gasteiger partial charge in [-0.1, -0.05) is 0 Å². The van der Waals surface area contributed by atoms with Crippen molar-refractivity contribution in [1.29, 1.82) is 0 Å². The first-order valence-corrected chi connectivity index (χ1v) is 8.01. The standard InChI is InChI=1S/C15H32N4O2/c1-16-15(17-8-5-10-19(2)3)18-9-6-11-20-13-14-7-4-12-21-14/h14H,4-13H2,1-3H3,(H2,16,17,18). The smallest absolute Gasteiger partial charge is 0.190 e. The Morgan fingerprint density at radius 2 is 2.05 bits per heavy atom. The van der Waals surface area contributed by atoms with E-state index in [-0.39, 0.29) is 0 Å². The zero-order valence-corrected chi connectivity index (χ0v) is 13.9. The Bertz CT molecular complexity index is 279. The minimum atomic E-state index is 0.323. The Balaban J connectivity index is 1.91. The highest BCUT2D eigenvalue weighted by Crippen LogP contribution is 2.11. The van der Waals surface area contributed by atoms with Crippen molar-refractivity contribution in [2.45, 2.75) is 31.8 Å². The molecule has 0 bridgehead atoms. The maximum Gasteiger partial charge on any atom is 0.190 e. The molecule has 0 aromatic carbocycles. The Morgan fingerprint density at radius 1 is 1.29 bits per heavy atom. The lowest BCUT2D eigenvalue weighted by molar-refractivity contribution is 0.0168. The normalized spacial score (nSPS) is 19.2. The van der Waals surface area contributed by atoms with Gasteiger partial charge in [0.05, 0.1) is 12.7 Å². The second-order valence-electron chi connectivity index (χ2n) is 5.65. The minimum absolute atomic E-state index is 0.323. The summed E-state index contributed by atoms with van der Waals surface area (Å²) in [5, 5.41) is 6.61. The number of aliphatic imine (C=N–C) groups is 1. The largest absolute Gasteiger partial charge is 0.379 e. The number of rotatable bonds is 10. The van der Waals surface area contributed by atoms with Gasteiger partial charge in [0, 0.05) is 33.4 Å². The van der Waals surface area contributed by atoms with Crippen molar-refractivity contribution in [2.24, 2.45) is 4.99 Å². The van der Waals surface area contributed by atoms with Crippen LogP contribution in [-0.2, 0) is 9.47 Å². The third kappa shape index (κ3) is 9.66. The summed E-state index contributed by atoms with van der Waals surface area (Å²) in [6.07, 6.45) is 4.72. The van der Waals surface area contributed by atoms with Crippen LogP contribution < -0.4 is 10.6 Å². The number of nitrogens with zero attached hydrogens (tertiary/aromatic N) is 2. The number of guanidine groups is 1. The van der Waals surface area contributed by atoms with E-state index in [2.05, 4.69) is 34.6 Å². The Kier molecular flexibility index (Phi) is 10.2. The molecule has 1 atom stereocenters. The topological polar surface area (TPSA) is 58.1 Å². The van der Waals surface area contributed by atoms with Crippen LogP contribution in [0.4, 0.5) is 0 Å². The lowest BCUT2D eigenvalue weighted by atomic mass is 10.2. The highest BCUT2D eigenvalue weighted by Gasteiger charge is 2.14. The lowest BCUT2D eigenvalue weighted by Gasteiger charge is -2.14. The molecule has 124 valence electrons. The molecule has 0 saturated carbocycles. The maximum atomic E-state index is 5.63. The lowest BCUT2D eigenvalue weighted by Crippen LogP contribution is -2.39. The molecule has 0 amide bonds. The van der Waals surface area contributed by atoms with Gasteiger partial charge in [-0.15, -0.1) is 0 Å². The zero-order valence-electron chi connectivity index (χ0n) is 13.9. The van der Waals surface area contributed by atoms with E-state index in [0.717, 1.165) is 64.7 Å². The molecule has 21 heavy (non-hydrogen) atoms. The number of hydrogen-bond acceptors (Lipinski definition) is 4. The quantitative estimate of drug-likeness (QED) is 0.353. The average Bonchev–Trinajstić information content (AvgIpc) is 2.97. The van der Waals surface area contributed by atoms with Crippen molar-refractivity contribution in [3.63, 3.8) is 0 Å². The van der Waals surface area contributed by atoms with E-state index in [1.54, 1.807) is 7.05 Å². The van der Waals surface area contributed by atoms with Crippen LogP contribution in [0.25, 0.3) is 0 Å². The van der Waals surface area contributed by atoms with Crippen LogP contribution in [0.2, 0.25) is 0 Å². The first-order valence-electron chi connectivity index (χ1n) is 8.01. The zero-order chi connectivity index (χ0) is 15.3. The third-order valence-corrected chi connectivity index (χ3v) is 3.38. The molecule has 0 radical (unpaired) electrons. The van der Waals surface area contributed by atoms with Crippen molar-refractivity contribution in [3.8, 4) is 0 Å². The van der Waals surface area contributed by atoms with Crippen LogP contribution in [0.3, 0.4) is 0 Å². The second kappa shape index (κ2) is 11.8. The van der Waals surface area contributed by atoms with Gasteiger partial charge in [0.2, 0.25) is 0 Å². The number of ether oxygens (including phenoxy) is 2. The Hall–Kier alpha value is -0.850. The van der Waals surface area contributed by atoms with Crippen LogP contribution in [0.1, 0.15) is 25.7 Å². The fraction of sp³-hybridized carbons (Fsp3) is 0.933. The van der Waals surface area contributed by atoms with Gasteiger partial charge in [-0.25, -0.2) is 0 Å². The van der Waals surface area contributed by atoms with E-state index in [0.29, 0.717) is 6.10 Å². The van der Waals surface area contributed by atoms with Gasteiger partial charge in [0.25, 0.3) is 0 Å². The van der Waals surface area contributed by atoms with Gasteiger partial charge in [-0.3, -0.25) is 4.99 Å².